The van der Waals surface area contributed by atoms with Crippen LogP contribution in [0.2, 0.25) is 0 Å². The van der Waals surface area contributed by atoms with Crippen LogP contribution >= 0.6 is 0 Å². The number of ether oxygens (including phenoxy) is 1. The molecule has 0 spiro atoms. The maximum Gasteiger partial charge on any atom is 0.506 e. The van der Waals surface area contributed by atoms with E-state index in [9.17, 15) is 9.90 Å². The fraction of sp³-hybridized carbons (Fsp3) is 0.791. The smallest absolute Gasteiger partial charge is 0.450 e. The molecule has 0 radical (unpaired) electrons. The third-order valence-electron chi connectivity index (χ3n) is 14.2. The summed E-state index contributed by atoms with van der Waals surface area (Å²) < 4.78 is 5.93. The third-order valence-corrected chi connectivity index (χ3v) is 14.2. The Labute approximate surface area is 282 Å². The van der Waals surface area contributed by atoms with E-state index in [1.165, 1.54) is 107 Å². The van der Waals surface area contributed by atoms with Crippen LogP contribution < -0.4 is 0 Å². The van der Waals surface area contributed by atoms with Crippen LogP contribution in [0.25, 0.3) is 0 Å². The Morgan fingerprint density at radius 3 is 2.28 bits per heavy atom. The molecule has 5 rings (SSSR count). The maximum absolute atomic E-state index is 12.2. The first kappa shape index (κ1) is 35.5. The van der Waals surface area contributed by atoms with Crippen molar-refractivity contribution in [1.29, 1.82) is 0 Å². The van der Waals surface area contributed by atoms with Crippen molar-refractivity contribution in [3.63, 3.8) is 0 Å². The number of benzene rings is 1. The van der Waals surface area contributed by atoms with Crippen molar-refractivity contribution in [2.24, 2.45) is 46.3 Å². The molecule has 4 aliphatic rings. The Kier molecular flexibility index (Phi) is 11.7. The number of hydrogen-bond donors (Lipinski definition) is 1. The second-order valence-electron chi connectivity index (χ2n) is 17.4. The van der Waals surface area contributed by atoms with E-state index in [1.54, 1.807) is 0 Å². The minimum atomic E-state index is -1.14. The van der Waals surface area contributed by atoms with E-state index in [2.05, 4.69) is 71.9 Å². The molecule has 3 nitrogen and oxygen atoms in total. The Hall–Kier alpha value is -1.77. The lowest BCUT2D eigenvalue weighted by atomic mass is 9.46. The van der Waals surface area contributed by atoms with Crippen LogP contribution in [0.1, 0.15) is 168 Å². The van der Waals surface area contributed by atoms with E-state index >= 15 is 0 Å². The van der Waals surface area contributed by atoms with Gasteiger partial charge in [-0.05, 0) is 115 Å². The number of hydrogen-bond acceptors (Lipinski definition) is 2. The number of aryl methyl sites for hydroxylation is 1. The van der Waals surface area contributed by atoms with E-state index in [4.69, 9.17) is 4.74 Å². The zero-order valence-electron chi connectivity index (χ0n) is 30.5. The van der Waals surface area contributed by atoms with Crippen LogP contribution in [0.15, 0.2) is 35.9 Å². The van der Waals surface area contributed by atoms with Gasteiger partial charge < -0.3 is 9.84 Å². The molecule has 0 heterocycles. The molecule has 46 heavy (non-hydrogen) atoms. The van der Waals surface area contributed by atoms with Gasteiger partial charge in [0.25, 0.3) is 0 Å². The first-order valence-corrected chi connectivity index (χ1v) is 19.7. The summed E-state index contributed by atoms with van der Waals surface area (Å²) in [6.07, 6.45) is 25.1. The molecule has 0 amide bonds. The highest BCUT2D eigenvalue weighted by molar-refractivity contribution is 5.58. The van der Waals surface area contributed by atoms with E-state index in [0.29, 0.717) is 17.8 Å². The molecule has 0 saturated heterocycles. The zero-order chi connectivity index (χ0) is 33.0. The summed E-state index contributed by atoms with van der Waals surface area (Å²) in [4.78, 5) is 12.2. The van der Waals surface area contributed by atoms with Crippen LogP contribution in [0.3, 0.4) is 0 Å². The van der Waals surface area contributed by atoms with Gasteiger partial charge in [-0.3, -0.25) is 0 Å². The van der Waals surface area contributed by atoms with Gasteiger partial charge in [-0.15, -0.1) is 0 Å². The predicted octanol–water partition coefficient (Wildman–Crippen LogP) is 12.9. The van der Waals surface area contributed by atoms with Crippen molar-refractivity contribution in [2.45, 2.75) is 169 Å². The van der Waals surface area contributed by atoms with E-state index in [1.807, 2.05) is 0 Å². The molecule has 1 aromatic carbocycles. The molecule has 258 valence electrons. The highest BCUT2D eigenvalue weighted by Crippen LogP contribution is 2.68. The number of carboxylic acid groups (broad SMARTS) is 1. The van der Waals surface area contributed by atoms with Gasteiger partial charge in [0.1, 0.15) is 5.60 Å². The molecular formula is C43H68O3. The Morgan fingerprint density at radius 2 is 1.59 bits per heavy atom. The van der Waals surface area contributed by atoms with Gasteiger partial charge in [-0.1, -0.05) is 135 Å². The van der Waals surface area contributed by atoms with Crippen LogP contribution in [-0.2, 0) is 16.8 Å². The molecule has 4 aliphatic carbocycles. The minimum absolute atomic E-state index is 0.160. The van der Waals surface area contributed by atoms with Crippen molar-refractivity contribution in [1.82, 2.24) is 0 Å². The molecule has 3 fully saturated rings. The van der Waals surface area contributed by atoms with Gasteiger partial charge >= 0.3 is 6.16 Å². The monoisotopic (exact) mass is 633 g/mol. The number of allylic oxidation sites excluding steroid dienone is 1. The van der Waals surface area contributed by atoms with Gasteiger partial charge in [0.15, 0.2) is 0 Å². The van der Waals surface area contributed by atoms with Crippen molar-refractivity contribution >= 4 is 6.16 Å². The van der Waals surface area contributed by atoms with Gasteiger partial charge in [-0.25, -0.2) is 4.79 Å². The lowest BCUT2D eigenvalue weighted by molar-refractivity contribution is -0.0875. The van der Waals surface area contributed by atoms with Gasteiger partial charge in [-0.2, -0.15) is 0 Å². The number of carbonyl (C=O) groups is 1. The molecule has 0 bridgehead atoms. The largest absolute Gasteiger partial charge is 0.506 e. The standard InChI is InChI=1S/C43H68O3/c1-7-8-9-10-11-12-13-17-33-18-20-34(21-19-33)43(46-40(44)45)29-28-41(5)35(30-43)22-23-36-38-25-24-37(32(4)16-14-15-31(2)3)42(38,6)27-26-39(36)41/h18-22,31-32,36-39H,7-17,23-30H2,1-6H3,(H,44,45)/t32-,36+,37-,38+,39+,41+,42-,43?/m1/s1. The Bertz CT molecular complexity index is 1170. The number of rotatable bonds is 15. The lowest BCUT2D eigenvalue weighted by Gasteiger charge is -2.59. The molecule has 1 N–H and O–H groups in total. The van der Waals surface area contributed by atoms with Crippen molar-refractivity contribution in [2.75, 3.05) is 0 Å². The third kappa shape index (κ3) is 7.44. The second-order valence-corrected chi connectivity index (χ2v) is 17.4. The summed E-state index contributed by atoms with van der Waals surface area (Å²) >= 11 is 0. The summed E-state index contributed by atoms with van der Waals surface area (Å²) in [7, 11) is 0. The van der Waals surface area contributed by atoms with Crippen LogP contribution in [-0.4, -0.2) is 11.3 Å². The number of fused-ring (bicyclic) bond motifs is 5. The van der Waals surface area contributed by atoms with Crippen molar-refractivity contribution in [3.05, 3.63) is 47.0 Å². The van der Waals surface area contributed by atoms with Crippen molar-refractivity contribution in [3.8, 4) is 0 Å². The quantitative estimate of drug-likeness (QED) is 0.119. The topological polar surface area (TPSA) is 46.5 Å². The lowest BCUT2D eigenvalue weighted by Crippen LogP contribution is -2.52. The van der Waals surface area contributed by atoms with Crippen LogP contribution in [0.4, 0.5) is 4.79 Å². The minimum Gasteiger partial charge on any atom is -0.450 e. The first-order chi connectivity index (χ1) is 22.0. The fourth-order valence-electron chi connectivity index (χ4n) is 11.5. The van der Waals surface area contributed by atoms with Crippen molar-refractivity contribution < 1.29 is 14.6 Å². The Morgan fingerprint density at radius 1 is 0.870 bits per heavy atom. The van der Waals surface area contributed by atoms with Crippen LogP contribution in [0.5, 0.6) is 0 Å². The van der Waals surface area contributed by atoms with Gasteiger partial charge in [0.2, 0.25) is 0 Å². The van der Waals surface area contributed by atoms with Gasteiger partial charge in [0.05, 0.1) is 0 Å². The average Bonchev–Trinajstić information content (AvgIpc) is 3.38. The Balaban J connectivity index is 1.26. The summed E-state index contributed by atoms with van der Waals surface area (Å²) in [5.74, 6) is 4.85. The summed E-state index contributed by atoms with van der Waals surface area (Å²) in [5, 5.41) is 9.96. The zero-order valence-corrected chi connectivity index (χ0v) is 30.5. The summed E-state index contributed by atoms with van der Waals surface area (Å²) in [5.41, 5.74) is 3.76. The SMILES string of the molecule is CCCCCCCCCc1ccc(C2(OC(=O)O)CC[C@@]3(C)C(=CC[C@H]4[C@@H]5CC[C@H]([C@H](C)CCCC(C)C)[C@@]5(C)CC[C@@H]43)C2)cc1. The van der Waals surface area contributed by atoms with Gasteiger partial charge in [0, 0.05) is 6.42 Å². The molecular weight excluding hydrogens is 564 g/mol. The predicted molar refractivity (Wildman–Crippen MR) is 192 cm³/mol. The second kappa shape index (κ2) is 15.2. The fourth-order valence-corrected chi connectivity index (χ4v) is 11.5. The summed E-state index contributed by atoms with van der Waals surface area (Å²) in [6, 6.07) is 8.84. The highest BCUT2D eigenvalue weighted by Gasteiger charge is 2.60. The number of unbranched alkanes of at least 4 members (excludes halogenated alkanes) is 6. The van der Waals surface area contributed by atoms with E-state index in [0.717, 1.165) is 54.4 Å². The van der Waals surface area contributed by atoms with E-state index in [-0.39, 0.29) is 5.41 Å². The molecule has 3 heteroatoms. The maximum atomic E-state index is 12.2. The summed E-state index contributed by atoms with van der Waals surface area (Å²) in [6.45, 7) is 14.8. The van der Waals surface area contributed by atoms with E-state index < -0.39 is 11.8 Å². The molecule has 8 atom stereocenters. The molecule has 0 aliphatic heterocycles. The highest BCUT2D eigenvalue weighted by atomic mass is 16.7. The molecule has 3 saturated carbocycles. The normalized spacial score (nSPS) is 34.4. The molecule has 1 aromatic rings. The first-order valence-electron chi connectivity index (χ1n) is 19.7. The molecule has 0 aromatic heterocycles. The molecule has 1 unspecified atom stereocenters. The van der Waals surface area contributed by atoms with Crippen LogP contribution in [0, 0.1) is 46.3 Å². The average molecular weight is 633 g/mol.